The van der Waals surface area contributed by atoms with Crippen molar-refractivity contribution in [2.75, 3.05) is 9.80 Å². The molecule has 0 radical (unpaired) electrons. The number of furan rings is 2. The molecule has 5 heterocycles. The number of nitrogens with zero attached hydrogens (tertiary/aromatic N) is 3. The van der Waals surface area contributed by atoms with Gasteiger partial charge in [-0.05, 0) is 142 Å². The van der Waals surface area contributed by atoms with E-state index in [4.69, 9.17) is 8.83 Å². The molecule has 0 unspecified atom stereocenters. The first kappa shape index (κ1) is 46.6. The number of benzene rings is 10. The van der Waals surface area contributed by atoms with Crippen LogP contribution in [0, 0.1) is 0 Å². The number of hydrogen-bond donors (Lipinski definition) is 0. The second-order valence-electron chi connectivity index (χ2n) is 22.9. The Morgan fingerprint density at radius 2 is 0.923 bits per heavy atom. The van der Waals surface area contributed by atoms with Gasteiger partial charge in [-0.1, -0.05) is 169 Å². The number of hydrogen-bond acceptors (Lipinski definition) is 4. The van der Waals surface area contributed by atoms with Gasteiger partial charge in [-0.3, -0.25) is 0 Å². The maximum absolute atomic E-state index is 6.88. The monoisotopic (exact) mass is 1010 g/mol. The van der Waals surface area contributed by atoms with Crippen molar-refractivity contribution in [1.82, 2.24) is 4.57 Å². The van der Waals surface area contributed by atoms with Gasteiger partial charge in [0.15, 0.2) is 0 Å². The minimum absolute atomic E-state index is 0.111. The van der Waals surface area contributed by atoms with Crippen LogP contribution in [0.5, 0.6) is 0 Å². The van der Waals surface area contributed by atoms with Crippen LogP contribution in [0.4, 0.5) is 34.1 Å². The zero-order valence-electron chi connectivity index (χ0n) is 45.0. The molecule has 3 aromatic heterocycles. The Morgan fingerprint density at radius 1 is 0.397 bits per heavy atom. The zero-order chi connectivity index (χ0) is 52.4. The normalized spacial score (nSPS) is 13.2. The van der Waals surface area contributed by atoms with Gasteiger partial charge in [-0.2, -0.15) is 0 Å². The van der Waals surface area contributed by atoms with Crippen LogP contribution in [-0.2, 0) is 18.3 Å². The third kappa shape index (κ3) is 7.15. The lowest BCUT2D eigenvalue weighted by molar-refractivity contribution is 0.590. The van der Waals surface area contributed by atoms with Gasteiger partial charge in [0.05, 0.1) is 22.4 Å². The highest BCUT2D eigenvalue weighted by Crippen LogP contribution is 2.50. The first-order chi connectivity index (χ1) is 38.2. The fourth-order valence-corrected chi connectivity index (χ4v) is 13.3. The van der Waals surface area contributed by atoms with Crippen molar-refractivity contribution in [2.45, 2.75) is 78.6 Å². The lowest BCUT2D eigenvalue weighted by Crippen LogP contribution is -2.61. The minimum Gasteiger partial charge on any atom is -0.456 e. The molecule has 13 aromatic rings. The number of aromatic nitrogens is 1. The summed E-state index contributed by atoms with van der Waals surface area (Å²) in [4.78, 5) is 5.28. The van der Waals surface area contributed by atoms with E-state index in [1.807, 2.05) is 0 Å². The third-order valence-corrected chi connectivity index (χ3v) is 17.1. The van der Waals surface area contributed by atoms with Gasteiger partial charge in [0.2, 0.25) is 0 Å². The molecule has 0 amide bonds. The fourth-order valence-electron chi connectivity index (χ4n) is 13.3. The molecule has 15 rings (SSSR count). The molecule has 0 fully saturated rings. The number of rotatable bonds is 10. The Bertz CT molecular complexity index is 4500. The molecule has 0 aliphatic carbocycles. The topological polar surface area (TPSA) is 37.7 Å². The Kier molecular flexibility index (Phi) is 10.7. The number of aryl methyl sites for hydroxylation is 2. The van der Waals surface area contributed by atoms with Crippen molar-refractivity contribution >= 4 is 123 Å². The van der Waals surface area contributed by atoms with Gasteiger partial charge in [-0.15, -0.1) is 0 Å². The second-order valence-corrected chi connectivity index (χ2v) is 22.9. The van der Waals surface area contributed by atoms with Crippen molar-refractivity contribution in [2.24, 2.45) is 0 Å². The van der Waals surface area contributed by atoms with Gasteiger partial charge >= 0.3 is 0 Å². The lowest BCUT2D eigenvalue weighted by Gasteiger charge is -2.46. The van der Waals surface area contributed by atoms with E-state index >= 15 is 0 Å². The molecule has 0 atom stereocenters. The van der Waals surface area contributed by atoms with Crippen LogP contribution >= 0.6 is 0 Å². The summed E-state index contributed by atoms with van der Waals surface area (Å²) in [6, 6.07) is 75.0. The summed E-state index contributed by atoms with van der Waals surface area (Å²) in [5, 5.41) is 7.13. The summed E-state index contributed by atoms with van der Waals surface area (Å²) in [6.45, 7) is 11.6. The predicted octanol–water partition coefficient (Wildman–Crippen LogP) is 18.3. The van der Waals surface area contributed by atoms with Crippen LogP contribution in [0.1, 0.15) is 77.0 Å². The van der Waals surface area contributed by atoms with Crippen LogP contribution < -0.4 is 26.2 Å². The maximum Gasteiger partial charge on any atom is 0.252 e. The number of para-hydroxylation sites is 4. The molecular weight excluding hydrogens is 950 g/mol. The molecule has 2 aliphatic heterocycles. The molecule has 378 valence electrons. The summed E-state index contributed by atoms with van der Waals surface area (Å²) in [6.07, 6.45) is 6.19. The van der Waals surface area contributed by atoms with Crippen molar-refractivity contribution < 1.29 is 8.83 Å². The Labute approximate surface area is 456 Å². The highest BCUT2D eigenvalue weighted by Gasteiger charge is 2.45. The predicted molar refractivity (Wildman–Crippen MR) is 331 cm³/mol. The molecule has 0 bridgehead atoms. The van der Waals surface area contributed by atoms with Gasteiger partial charge in [0.25, 0.3) is 6.71 Å². The molecule has 10 aromatic carbocycles. The molecule has 0 N–H and O–H groups in total. The molecule has 0 saturated heterocycles. The number of fused-ring (bicyclic) bond motifs is 13. The highest BCUT2D eigenvalue weighted by atomic mass is 16.3. The summed E-state index contributed by atoms with van der Waals surface area (Å²) in [7, 11) is 0. The number of anilines is 6. The summed E-state index contributed by atoms with van der Waals surface area (Å²) in [5.74, 6) is 0. The smallest absolute Gasteiger partial charge is 0.252 e. The van der Waals surface area contributed by atoms with Crippen molar-refractivity contribution in [1.29, 1.82) is 0 Å². The molecule has 2 aliphatic rings. The van der Waals surface area contributed by atoms with E-state index in [9.17, 15) is 0 Å². The molecule has 6 heteroatoms. The summed E-state index contributed by atoms with van der Waals surface area (Å²) < 4.78 is 16.2. The quantitative estimate of drug-likeness (QED) is 0.128. The molecular formula is C72H60BN3O2. The van der Waals surface area contributed by atoms with Crippen molar-refractivity contribution in [3.8, 4) is 16.8 Å². The maximum atomic E-state index is 6.88. The molecule has 0 saturated carbocycles. The zero-order valence-corrected chi connectivity index (χ0v) is 45.0. The van der Waals surface area contributed by atoms with E-state index in [0.717, 1.165) is 88.4 Å². The van der Waals surface area contributed by atoms with Crippen LogP contribution in [0.3, 0.4) is 0 Å². The summed E-state index contributed by atoms with van der Waals surface area (Å²) in [5.41, 5.74) is 24.2. The van der Waals surface area contributed by atoms with Crippen LogP contribution in [-0.4, -0.2) is 11.3 Å². The molecule has 5 nitrogen and oxygen atoms in total. The minimum atomic E-state index is -0.206. The van der Waals surface area contributed by atoms with Crippen LogP contribution in [0.25, 0.3) is 82.5 Å². The standard InChI is InChI=1S/C72H60BN3O2/c1-6-8-21-47-37-55-53-27-15-19-31-67(53)77-69(55)43-62(47)75-61-36-33-46(45-23-11-10-12-24-45)39-58(61)73-57-35-34-50(74-59-29-17-13-25-51(59)52-26-14-18-30-60(52)74)42-64(57)76(66-41-49(72(3,4)5)40-65(75)71(66)73)63-44-70-56(38-48(63)22-9-7-2)54-28-16-20-32-68(54)78-70/h10-20,23-44H,6-9,21-22H2,1-5H3. The van der Waals surface area contributed by atoms with Crippen LogP contribution in [0.2, 0.25) is 0 Å². The van der Waals surface area contributed by atoms with Gasteiger partial charge in [0, 0.05) is 72.9 Å². The van der Waals surface area contributed by atoms with Gasteiger partial charge in [-0.25, -0.2) is 0 Å². The average Bonchev–Trinajstić information content (AvgIpc) is 4.10. The van der Waals surface area contributed by atoms with E-state index < -0.39 is 0 Å². The van der Waals surface area contributed by atoms with E-state index in [2.05, 4.69) is 249 Å². The Hall–Kier alpha value is -8.74. The first-order valence-electron chi connectivity index (χ1n) is 28.2. The second kappa shape index (κ2) is 17.9. The van der Waals surface area contributed by atoms with E-state index in [0.29, 0.717) is 0 Å². The molecule has 0 spiro atoms. The first-order valence-corrected chi connectivity index (χ1v) is 28.2. The van der Waals surface area contributed by atoms with Gasteiger partial charge < -0.3 is 23.2 Å². The van der Waals surface area contributed by atoms with Crippen LogP contribution in [0.15, 0.2) is 209 Å². The van der Waals surface area contributed by atoms with Crippen molar-refractivity contribution in [3.05, 3.63) is 217 Å². The third-order valence-electron chi connectivity index (χ3n) is 17.1. The van der Waals surface area contributed by atoms with E-state index in [-0.39, 0.29) is 12.1 Å². The van der Waals surface area contributed by atoms with Gasteiger partial charge in [0.1, 0.15) is 22.3 Å². The largest absolute Gasteiger partial charge is 0.456 e. The van der Waals surface area contributed by atoms with Crippen molar-refractivity contribution in [3.63, 3.8) is 0 Å². The Balaban J connectivity index is 1.08. The SMILES string of the molecule is CCCCc1cc2c(cc1N1c3ccc(-c4ccccc4)cc3B3c4ccc(-n5c6ccccc6c6ccccc65)cc4N(c4cc5oc6ccccc6c5cc4CCCC)c4cc(C(C)(C)C)cc1c43)oc1ccccc12. The Morgan fingerprint density at radius 3 is 1.49 bits per heavy atom. The number of unbranched alkanes of at least 4 members (excludes halogenated alkanes) is 2. The lowest BCUT2D eigenvalue weighted by atomic mass is 9.33. The van der Waals surface area contributed by atoms with E-state index in [1.54, 1.807) is 0 Å². The average molecular weight is 1010 g/mol. The highest BCUT2D eigenvalue weighted by molar-refractivity contribution is 7.00. The van der Waals surface area contributed by atoms with E-state index in [1.165, 1.54) is 99.8 Å². The fraction of sp³-hybridized carbons (Fsp3) is 0.167. The summed E-state index contributed by atoms with van der Waals surface area (Å²) >= 11 is 0. The molecule has 78 heavy (non-hydrogen) atoms.